The first-order valence-electron chi connectivity index (χ1n) is 4.71. The van der Waals surface area contributed by atoms with E-state index in [0.29, 0.717) is 0 Å². The molecule has 1 fully saturated rings. The second kappa shape index (κ2) is 12.6. The topological polar surface area (TPSA) is 38.0 Å². The fourth-order valence-electron chi connectivity index (χ4n) is 1.03. The zero-order valence-electron chi connectivity index (χ0n) is 8.48. The van der Waals surface area contributed by atoms with Crippen molar-refractivity contribution < 1.29 is 1.43 Å². The van der Waals surface area contributed by atoms with Crippen LogP contribution in [0.25, 0.3) is 0 Å². The van der Waals surface area contributed by atoms with Gasteiger partial charge in [0.25, 0.3) is 0 Å². The number of nitrogens with one attached hydrogen (secondary N) is 1. The average molecular weight is 162 g/mol. The molecule has 0 aliphatic carbocycles. The highest BCUT2D eigenvalue weighted by molar-refractivity contribution is 4.65. The van der Waals surface area contributed by atoms with E-state index in [1.807, 2.05) is 13.8 Å². The van der Waals surface area contributed by atoms with Gasteiger partial charge in [0.15, 0.2) is 0 Å². The Labute approximate surface area is 73.0 Å². The van der Waals surface area contributed by atoms with Gasteiger partial charge in [0.2, 0.25) is 0 Å². The van der Waals surface area contributed by atoms with E-state index in [9.17, 15) is 0 Å². The predicted octanol–water partition coefficient (Wildman–Crippen LogP) is 2.00. The summed E-state index contributed by atoms with van der Waals surface area (Å²) in [5.74, 6) is 0. The summed E-state index contributed by atoms with van der Waals surface area (Å²) in [7, 11) is 1.50. The molecule has 2 nitrogen and oxygen atoms in total. The number of hydrogen-bond acceptors (Lipinski definition) is 2. The van der Waals surface area contributed by atoms with Crippen molar-refractivity contribution in [1.82, 2.24) is 5.32 Å². The molecule has 0 bridgehead atoms. The molecule has 0 amide bonds. The minimum absolute atomic E-state index is 0. The van der Waals surface area contributed by atoms with Crippen molar-refractivity contribution in [1.29, 1.82) is 0 Å². The van der Waals surface area contributed by atoms with Crippen LogP contribution in [0.5, 0.6) is 0 Å². The van der Waals surface area contributed by atoms with Crippen molar-refractivity contribution in [3.63, 3.8) is 0 Å². The molecule has 0 aromatic rings. The number of piperidine rings is 1. The first-order chi connectivity index (χ1) is 5.39. The highest BCUT2D eigenvalue weighted by atomic mass is 14.9. The van der Waals surface area contributed by atoms with Crippen LogP contribution in [0.15, 0.2) is 0 Å². The van der Waals surface area contributed by atoms with Crippen molar-refractivity contribution in [2.45, 2.75) is 46.1 Å². The molecule has 1 rings (SSSR count). The van der Waals surface area contributed by atoms with Crippen LogP contribution >= 0.6 is 0 Å². The van der Waals surface area contributed by atoms with E-state index in [1.165, 1.54) is 32.9 Å². The number of rotatable bonds is 0. The molecule has 0 saturated carbocycles. The lowest BCUT2D eigenvalue weighted by Crippen LogP contribution is -2.30. The number of hydrogen-bond donors (Lipinski definition) is 2. The van der Waals surface area contributed by atoms with E-state index in [4.69, 9.17) is 0 Å². The molecule has 1 aliphatic rings. The maximum absolute atomic E-state index is 4.50. The second-order valence-corrected chi connectivity index (χ2v) is 2.35. The zero-order chi connectivity index (χ0) is 9.11. The summed E-state index contributed by atoms with van der Waals surface area (Å²) in [5.41, 5.74) is 4.50. The lowest BCUT2D eigenvalue weighted by molar-refractivity contribution is 0.425. The molecule has 1 saturated heterocycles. The van der Waals surface area contributed by atoms with Gasteiger partial charge in [-0.1, -0.05) is 20.3 Å². The zero-order valence-corrected chi connectivity index (χ0v) is 8.48. The van der Waals surface area contributed by atoms with Crippen LogP contribution in [0.2, 0.25) is 0 Å². The Bertz CT molecular complexity index is 54.5. The molecular formula is C9H26N2. The van der Waals surface area contributed by atoms with Gasteiger partial charge in [-0.2, -0.15) is 0 Å². The fraction of sp³-hybridized carbons (Fsp3) is 1.00. The second-order valence-electron chi connectivity index (χ2n) is 2.35. The third kappa shape index (κ3) is 9.92. The van der Waals surface area contributed by atoms with Crippen LogP contribution in [0.4, 0.5) is 0 Å². The maximum Gasteiger partial charge on any atom is 0.00387 e. The summed E-state index contributed by atoms with van der Waals surface area (Å²) < 4.78 is 0. The minimum atomic E-state index is 0. The van der Waals surface area contributed by atoms with Gasteiger partial charge < -0.3 is 11.1 Å². The molecule has 0 aromatic carbocycles. The molecule has 72 valence electrons. The van der Waals surface area contributed by atoms with Crippen molar-refractivity contribution in [3.8, 4) is 0 Å². The standard InChI is InChI=1S/C6H13N.C2H6.CH5N.H2/c1-6-4-2-3-5-7-6;2*1-2;/h6-7H,2-5H2,1H3;1-2H3;2H2,1H3;1H/t6-;;;/m1.../s1. The van der Waals surface area contributed by atoms with Gasteiger partial charge in [-0.05, 0) is 33.4 Å². The molecule has 1 heterocycles. The third-order valence-corrected chi connectivity index (χ3v) is 1.56. The summed E-state index contributed by atoms with van der Waals surface area (Å²) >= 11 is 0. The molecule has 1 atom stereocenters. The minimum Gasteiger partial charge on any atom is -0.333 e. The maximum atomic E-state index is 4.50. The Morgan fingerprint density at radius 3 is 2.00 bits per heavy atom. The van der Waals surface area contributed by atoms with Gasteiger partial charge in [-0.25, -0.2) is 0 Å². The summed E-state index contributed by atoms with van der Waals surface area (Å²) in [6, 6.07) is 0.786. The Hall–Kier alpha value is -0.0800. The van der Waals surface area contributed by atoms with E-state index in [-0.39, 0.29) is 1.43 Å². The monoisotopic (exact) mass is 162 g/mol. The molecular weight excluding hydrogens is 136 g/mol. The summed E-state index contributed by atoms with van der Waals surface area (Å²) in [5, 5.41) is 3.38. The van der Waals surface area contributed by atoms with E-state index in [2.05, 4.69) is 18.0 Å². The molecule has 3 N–H and O–H groups in total. The Morgan fingerprint density at radius 1 is 1.27 bits per heavy atom. The van der Waals surface area contributed by atoms with Crippen LogP contribution < -0.4 is 11.1 Å². The van der Waals surface area contributed by atoms with Gasteiger partial charge in [-0.3, -0.25) is 0 Å². The molecule has 0 spiro atoms. The summed E-state index contributed by atoms with van der Waals surface area (Å²) in [4.78, 5) is 0. The Morgan fingerprint density at radius 2 is 1.82 bits per heavy atom. The first-order valence-corrected chi connectivity index (χ1v) is 4.71. The van der Waals surface area contributed by atoms with Crippen molar-refractivity contribution in [2.24, 2.45) is 5.73 Å². The van der Waals surface area contributed by atoms with Gasteiger partial charge in [0.05, 0.1) is 0 Å². The SMILES string of the molecule is CC.CN.C[C@@H]1CCCCN1.[HH]. The van der Waals surface area contributed by atoms with Crippen LogP contribution in [-0.4, -0.2) is 19.6 Å². The Kier molecular flexibility index (Phi) is 15.4. The largest absolute Gasteiger partial charge is 0.333 e. The van der Waals surface area contributed by atoms with Gasteiger partial charge in [-0.15, -0.1) is 0 Å². The van der Waals surface area contributed by atoms with E-state index >= 15 is 0 Å². The predicted molar refractivity (Wildman–Crippen MR) is 54.9 cm³/mol. The lowest BCUT2D eigenvalue weighted by Gasteiger charge is -2.18. The van der Waals surface area contributed by atoms with Crippen molar-refractivity contribution in [3.05, 3.63) is 0 Å². The highest BCUT2D eigenvalue weighted by Gasteiger charge is 2.04. The number of nitrogens with two attached hydrogens (primary N) is 1. The first kappa shape index (κ1) is 13.5. The van der Waals surface area contributed by atoms with E-state index in [0.717, 1.165) is 6.04 Å². The van der Waals surface area contributed by atoms with E-state index in [1.54, 1.807) is 0 Å². The third-order valence-electron chi connectivity index (χ3n) is 1.56. The van der Waals surface area contributed by atoms with Crippen molar-refractivity contribution >= 4 is 0 Å². The summed E-state index contributed by atoms with van der Waals surface area (Å²) in [6.07, 6.45) is 4.18. The normalized spacial score (nSPS) is 22.1. The molecule has 11 heavy (non-hydrogen) atoms. The van der Waals surface area contributed by atoms with E-state index < -0.39 is 0 Å². The summed E-state index contributed by atoms with van der Waals surface area (Å²) in [6.45, 7) is 7.49. The van der Waals surface area contributed by atoms with Crippen LogP contribution in [0.3, 0.4) is 0 Å². The lowest BCUT2D eigenvalue weighted by atomic mass is 10.1. The van der Waals surface area contributed by atoms with Crippen molar-refractivity contribution in [2.75, 3.05) is 13.6 Å². The highest BCUT2D eigenvalue weighted by Crippen LogP contribution is 2.04. The van der Waals surface area contributed by atoms with Crippen LogP contribution in [0, 0.1) is 0 Å². The van der Waals surface area contributed by atoms with Gasteiger partial charge >= 0.3 is 0 Å². The Balaban J connectivity index is -0.000000144. The fourth-order valence-corrected chi connectivity index (χ4v) is 1.03. The molecule has 0 aromatic heterocycles. The molecule has 2 heteroatoms. The molecule has 0 radical (unpaired) electrons. The van der Waals surface area contributed by atoms with Gasteiger partial charge in [0.1, 0.15) is 0 Å². The van der Waals surface area contributed by atoms with Crippen LogP contribution in [0.1, 0.15) is 41.5 Å². The smallest absolute Gasteiger partial charge is 0.00387 e. The quantitative estimate of drug-likeness (QED) is 0.572. The van der Waals surface area contributed by atoms with Gasteiger partial charge in [0, 0.05) is 7.47 Å². The molecule has 0 unspecified atom stereocenters. The molecule has 1 aliphatic heterocycles. The van der Waals surface area contributed by atoms with Crippen LogP contribution in [-0.2, 0) is 0 Å². The average Bonchev–Trinajstić information content (AvgIpc) is 2.13.